The van der Waals surface area contributed by atoms with Crippen molar-refractivity contribution in [2.75, 3.05) is 0 Å². The van der Waals surface area contributed by atoms with Crippen molar-refractivity contribution < 1.29 is 9.53 Å². The van der Waals surface area contributed by atoms with Crippen LogP contribution in [-0.2, 0) is 11.2 Å². The van der Waals surface area contributed by atoms with E-state index in [1.54, 1.807) is 6.92 Å². The molecule has 0 aliphatic heterocycles. The molecular weight excluding hydrogens is 298 g/mol. The van der Waals surface area contributed by atoms with Crippen LogP contribution in [0.4, 0.5) is 0 Å². The number of amides is 1. The van der Waals surface area contributed by atoms with Gasteiger partial charge in [-0.05, 0) is 55.5 Å². The van der Waals surface area contributed by atoms with Gasteiger partial charge >= 0.3 is 0 Å². The minimum atomic E-state index is 0.0128. The highest BCUT2D eigenvalue weighted by atomic mass is 16.5. The van der Waals surface area contributed by atoms with E-state index in [2.05, 4.69) is 55.6 Å². The summed E-state index contributed by atoms with van der Waals surface area (Å²) in [5, 5.41) is 2.91. The van der Waals surface area contributed by atoms with Crippen LogP contribution in [0.1, 0.15) is 39.7 Å². The van der Waals surface area contributed by atoms with Crippen LogP contribution in [0.3, 0.4) is 0 Å². The van der Waals surface area contributed by atoms with E-state index in [0.29, 0.717) is 0 Å². The minimum Gasteiger partial charge on any atom is -0.491 e. The van der Waals surface area contributed by atoms with Crippen molar-refractivity contribution in [2.45, 2.75) is 52.7 Å². The fourth-order valence-electron chi connectivity index (χ4n) is 2.63. The Morgan fingerprint density at radius 2 is 1.54 bits per heavy atom. The molecule has 128 valence electrons. The number of hydrogen-bond acceptors (Lipinski definition) is 2. The molecule has 0 bridgehead atoms. The first-order chi connectivity index (χ1) is 11.5. The Balaban J connectivity index is 2.01. The van der Waals surface area contributed by atoms with E-state index in [-0.39, 0.29) is 18.1 Å². The predicted molar refractivity (Wildman–Crippen MR) is 99.2 cm³/mol. The van der Waals surface area contributed by atoms with Crippen molar-refractivity contribution in [3.05, 3.63) is 54.1 Å². The number of carbonyl (C=O) groups is 1. The molecule has 2 aromatic rings. The van der Waals surface area contributed by atoms with Crippen molar-refractivity contribution in [3.8, 4) is 16.9 Å². The fraction of sp³-hybridized carbons (Fsp3) is 0.381. The van der Waals surface area contributed by atoms with Crippen molar-refractivity contribution in [1.29, 1.82) is 0 Å². The molecule has 1 amide bonds. The standard InChI is InChI=1S/C21H27NO2/c1-5-16(3)24-21-12-10-20(11-13-21)19-8-6-18(7-9-19)14-15(2)22-17(4)23/h6-13,15-16H,5,14H2,1-4H3,(H,22,23). The maximum absolute atomic E-state index is 11.1. The van der Waals surface area contributed by atoms with E-state index < -0.39 is 0 Å². The predicted octanol–water partition coefficient (Wildman–Crippen LogP) is 4.60. The number of nitrogens with one attached hydrogen (secondary N) is 1. The number of rotatable bonds is 7. The van der Waals surface area contributed by atoms with Gasteiger partial charge in [-0.2, -0.15) is 0 Å². The molecule has 1 N–H and O–H groups in total. The number of benzene rings is 2. The maximum Gasteiger partial charge on any atom is 0.217 e. The Morgan fingerprint density at radius 1 is 1.00 bits per heavy atom. The summed E-state index contributed by atoms with van der Waals surface area (Å²) in [5.41, 5.74) is 3.57. The van der Waals surface area contributed by atoms with Crippen LogP contribution in [0.25, 0.3) is 11.1 Å². The highest BCUT2D eigenvalue weighted by Crippen LogP contribution is 2.24. The number of ether oxygens (including phenoxy) is 1. The van der Waals surface area contributed by atoms with Crippen LogP contribution < -0.4 is 10.1 Å². The Morgan fingerprint density at radius 3 is 2.04 bits per heavy atom. The normalized spacial score (nSPS) is 13.2. The third-order valence-electron chi connectivity index (χ3n) is 4.05. The average molecular weight is 325 g/mol. The van der Waals surface area contributed by atoms with Crippen LogP contribution >= 0.6 is 0 Å². The van der Waals surface area contributed by atoms with E-state index >= 15 is 0 Å². The summed E-state index contributed by atoms with van der Waals surface area (Å²) >= 11 is 0. The van der Waals surface area contributed by atoms with Crippen molar-refractivity contribution >= 4 is 5.91 Å². The zero-order valence-corrected chi connectivity index (χ0v) is 15.0. The topological polar surface area (TPSA) is 38.3 Å². The van der Waals surface area contributed by atoms with Gasteiger partial charge in [0.2, 0.25) is 5.91 Å². The molecular formula is C21H27NO2. The SMILES string of the molecule is CCC(C)Oc1ccc(-c2ccc(CC(C)NC(C)=O)cc2)cc1. The maximum atomic E-state index is 11.1. The van der Waals surface area contributed by atoms with Crippen LogP contribution in [0.2, 0.25) is 0 Å². The summed E-state index contributed by atoms with van der Waals surface area (Å²) in [4.78, 5) is 11.1. The third kappa shape index (κ3) is 5.41. The van der Waals surface area contributed by atoms with Gasteiger partial charge in [-0.1, -0.05) is 43.3 Å². The summed E-state index contributed by atoms with van der Waals surface area (Å²) in [5.74, 6) is 0.924. The van der Waals surface area contributed by atoms with E-state index in [1.165, 1.54) is 16.7 Å². The Kier molecular flexibility index (Phi) is 6.42. The lowest BCUT2D eigenvalue weighted by Gasteiger charge is -2.14. The van der Waals surface area contributed by atoms with E-state index in [4.69, 9.17) is 4.74 Å². The zero-order valence-electron chi connectivity index (χ0n) is 15.0. The second-order valence-corrected chi connectivity index (χ2v) is 6.36. The highest BCUT2D eigenvalue weighted by molar-refractivity contribution is 5.73. The van der Waals surface area contributed by atoms with Gasteiger partial charge in [0.25, 0.3) is 0 Å². The summed E-state index contributed by atoms with van der Waals surface area (Å²) in [6.45, 7) is 7.77. The molecule has 0 aromatic heterocycles. The van der Waals surface area contributed by atoms with E-state index in [0.717, 1.165) is 18.6 Å². The number of carbonyl (C=O) groups excluding carboxylic acids is 1. The summed E-state index contributed by atoms with van der Waals surface area (Å²) < 4.78 is 5.81. The second kappa shape index (κ2) is 8.53. The Labute approximate surface area is 145 Å². The summed E-state index contributed by atoms with van der Waals surface area (Å²) in [7, 11) is 0. The van der Waals surface area contributed by atoms with Crippen LogP contribution in [-0.4, -0.2) is 18.1 Å². The first-order valence-corrected chi connectivity index (χ1v) is 8.61. The molecule has 0 saturated carbocycles. The quantitative estimate of drug-likeness (QED) is 0.808. The van der Waals surface area contributed by atoms with Crippen molar-refractivity contribution in [2.24, 2.45) is 0 Å². The molecule has 0 aliphatic carbocycles. The zero-order chi connectivity index (χ0) is 17.5. The van der Waals surface area contributed by atoms with Crippen LogP contribution in [0, 0.1) is 0 Å². The van der Waals surface area contributed by atoms with Gasteiger partial charge in [-0.3, -0.25) is 4.79 Å². The van der Waals surface area contributed by atoms with Gasteiger partial charge in [-0.15, -0.1) is 0 Å². The summed E-state index contributed by atoms with van der Waals surface area (Å²) in [6.07, 6.45) is 2.07. The van der Waals surface area contributed by atoms with Gasteiger partial charge in [-0.25, -0.2) is 0 Å². The Hall–Kier alpha value is -2.29. The van der Waals surface area contributed by atoms with Gasteiger partial charge in [0.1, 0.15) is 5.75 Å². The lowest BCUT2D eigenvalue weighted by molar-refractivity contribution is -0.119. The first-order valence-electron chi connectivity index (χ1n) is 8.61. The highest BCUT2D eigenvalue weighted by Gasteiger charge is 2.06. The monoisotopic (exact) mass is 325 g/mol. The molecule has 0 saturated heterocycles. The molecule has 3 nitrogen and oxygen atoms in total. The molecule has 2 rings (SSSR count). The van der Waals surface area contributed by atoms with Gasteiger partial charge in [0.15, 0.2) is 0 Å². The van der Waals surface area contributed by atoms with Crippen LogP contribution in [0.5, 0.6) is 5.75 Å². The summed E-state index contributed by atoms with van der Waals surface area (Å²) in [6, 6.07) is 16.9. The Bertz CT molecular complexity index is 647. The lowest BCUT2D eigenvalue weighted by Crippen LogP contribution is -2.31. The van der Waals surface area contributed by atoms with Gasteiger partial charge < -0.3 is 10.1 Å². The second-order valence-electron chi connectivity index (χ2n) is 6.36. The van der Waals surface area contributed by atoms with E-state index in [9.17, 15) is 4.79 Å². The fourth-order valence-corrected chi connectivity index (χ4v) is 2.63. The number of hydrogen-bond donors (Lipinski definition) is 1. The molecule has 0 heterocycles. The first kappa shape index (κ1) is 18.1. The molecule has 3 heteroatoms. The largest absolute Gasteiger partial charge is 0.491 e. The van der Waals surface area contributed by atoms with Crippen LogP contribution in [0.15, 0.2) is 48.5 Å². The van der Waals surface area contributed by atoms with Gasteiger partial charge in [0, 0.05) is 13.0 Å². The van der Waals surface area contributed by atoms with E-state index in [1.807, 2.05) is 19.1 Å². The molecule has 0 radical (unpaired) electrons. The van der Waals surface area contributed by atoms with Crippen molar-refractivity contribution in [3.63, 3.8) is 0 Å². The molecule has 24 heavy (non-hydrogen) atoms. The van der Waals surface area contributed by atoms with Gasteiger partial charge in [0.05, 0.1) is 6.10 Å². The minimum absolute atomic E-state index is 0.0128. The molecule has 2 unspecified atom stereocenters. The molecule has 2 atom stereocenters. The molecule has 0 aliphatic rings. The molecule has 0 spiro atoms. The molecule has 0 fully saturated rings. The molecule has 2 aromatic carbocycles. The lowest BCUT2D eigenvalue weighted by atomic mass is 10.0. The van der Waals surface area contributed by atoms with Crippen molar-refractivity contribution in [1.82, 2.24) is 5.32 Å². The smallest absolute Gasteiger partial charge is 0.217 e. The average Bonchev–Trinajstić information content (AvgIpc) is 2.55. The third-order valence-corrected chi connectivity index (χ3v) is 4.05.